The Morgan fingerprint density at radius 1 is 1.29 bits per heavy atom. The van der Waals surface area contributed by atoms with Crippen LogP contribution in [0.1, 0.15) is 34.7 Å². The summed E-state index contributed by atoms with van der Waals surface area (Å²) in [5.74, 6) is 0.721. The van der Waals surface area contributed by atoms with Crippen LogP contribution in [0.25, 0.3) is 0 Å². The highest BCUT2D eigenvalue weighted by molar-refractivity contribution is 7.14. The van der Waals surface area contributed by atoms with E-state index in [4.69, 9.17) is 13.9 Å². The first-order chi connectivity index (χ1) is 15.1. The number of ether oxygens (including phenoxy) is 2. The molecule has 162 valence electrons. The minimum atomic E-state index is -0.295. The summed E-state index contributed by atoms with van der Waals surface area (Å²) >= 11 is 1.26. The third-order valence-corrected chi connectivity index (χ3v) is 5.60. The first-order valence-corrected chi connectivity index (χ1v) is 10.9. The fourth-order valence-corrected chi connectivity index (χ4v) is 3.93. The molecule has 0 bridgehead atoms. The van der Waals surface area contributed by atoms with Crippen LogP contribution in [0.3, 0.4) is 0 Å². The van der Waals surface area contributed by atoms with Gasteiger partial charge in [0.2, 0.25) is 5.91 Å². The zero-order valence-corrected chi connectivity index (χ0v) is 17.9. The summed E-state index contributed by atoms with van der Waals surface area (Å²) in [7, 11) is 0. The van der Waals surface area contributed by atoms with Crippen LogP contribution >= 0.6 is 11.3 Å². The van der Waals surface area contributed by atoms with E-state index in [2.05, 4.69) is 15.6 Å². The molecule has 8 nitrogen and oxygen atoms in total. The van der Waals surface area contributed by atoms with Crippen LogP contribution in [-0.2, 0) is 16.0 Å². The Balaban J connectivity index is 1.28. The summed E-state index contributed by atoms with van der Waals surface area (Å²) in [6.45, 7) is 3.01. The molecule has 9 heteroatoms. The molecule has 0 radical (unpaired) electrons. The van der Waals surface area contributed by atoms with Crippen molar-refractivity contribution in [2.75, 3.05) is 23.8 Å². The minimum Gasteiger partial charge on any atom is -0.491 e. The maximum absolute atomic E-state index is 12.4. The van der Waals surface area contributed by atoms with Crippen LogP contribution in [0.2, 0.25) is 0 Å². The number of rotatable bonds is 8. The van der Waals surface area contributed by atoms with Crippen molar-refractivity contribution in [2.45, 2.75) is 32.3 Å². The predicted octanol–water partition coefficient (Wildman–Crippen LogP) is 4.04. The number of anilines is 2. The highest BCUT2D eigenvalue weighted by Crippen LogP contribution is 2.21. The third-order valence-electron chi connectivity index (χ3n) is 4.80. The van der Waals surface area contributed by atoms with Crippen molar-refractivity contribution in [1.82, 2.24) is 4.98 Å². The van der Waals surface area contributed by atoms with Crippen molar-refractivity contribution in [2.24, 2.45) is 0 Å². The Morgan fingerprint density at radius 3 is 2.97 bits per heavy atom. The van der Waals surface area contributed by atoms with Crippen molar-refractivity contribution in [3.05, 3.63) is 59.0 Å². The number of hydrogen-bond donors (Lipinski definition) is 2. The molecule has 1 saturated heterocycles. The van der Waals surface area contributed by atoms with E-state index in [1.807, 2.05) is 12.1 Å². The maximum atomic E-state index is 12.4. The molecule has 31 heavy (non-hydrogen) atoms. The number of amides is 2. The summed E-state index contributed by atoms with van der Waals surface area (Å²) in [5.41, 5.74) is 1.68. The van der Waals surface area contributed by atoms with Crippen LogP contribution in [0.4, 0.5) is 10.8 Å². The molecule has 1 atom stereocenters. The van der Waals surface area contributed by atoms with Gasteiger partial charge in [-0.15, -0.1) is 11.3 Å². The monoisotopic (exact) mass is 441 g/mol. The average Bonchev–Trinajstić information content (AvgIpc) is 3.49. The quantitative estimate of drug-likeness (QED) is 0.547. The summed E-state index contributed by atoms with van der Waals surface area (Å²) in [6, 6.07) is 8.87. The average molecular weight is 442 g/mol. The second-order valence-corrected chi connectivity index (χ2v) is 8.05. The maximum Gasteiger partial charge on any atom is 0.260 e. The molecule has 1 fully saturated rings. The number of furan rings is 1. The van der Waals surface area contributed by atoms with Gasteiger partial charge in [-0.3, -0.25) is 14.9 Å². The van der Waals surface area contributed by atoms with Gasteiger partial charge < -0.3 is 19.2 Å². The van der Waals surface area contributed by atoms with Gasteiger partial charge in [0.15, 0.2) is 5.13 Å². The standard InChI is InChI=1S/C22H23N3O5S/c1-14-19(7-9-28-14)21(27)25-22-24-16(13-31-22)11-20(26)23-15-4-2-5-17(10-15)30-12-18-6-3-8-29-18/h2,4-5,7,9-10,13,18H,3,6,8,11-12H2,1H3,(H,23,26)(H,24,25,27)/t18-/m1/s1. The van der Waals surface area contributed by atoms with Crippen molar-refractivity contribution in [3.8, 4) is 5.75 Å². The highest BCUT2D eigenvalue weighted by atomic mass is 32.1. The molecule has 0 aliphatic carbocycles. The molecule has 2 aromatic heterocycles. The van der Waals surface area contributed by atoms with Gasteiger partial charge >= 0.3 is 0 Å². The van der Waals surface area contributed by atoms with Crippen molar-refractivity contribution < 1.29 is 23.5 Å². The lowest BCUT2D eigenvalue weighted by molar-refractivity contribution is -0.115. The summed E-state index contributed by atoms with van der Waals surface area (Å²) in [4.78, 5) is 29.0. The van der Waals surface area contributed by atoms with Gasteiger partial charge in [0.1, 0.15) is 18.1 Å². The molecule has 4 rings (SSSR count). The van der Waals surface area contributed by atoms with Gasteiger partial charge in [-0.2, -0.15) is 0 Å². The zero-order valence-electron chi connectivity index (χ0n) is 17.1. The van der Waals surface area contributed by atoms with E-state index in [0.717, 1.165) is 19.4 Å². The predicted molar refractivity (Wildman–Crippen MR) is 117 cm³/mol. The molecule has 1 aliphatic rings. The molecule has 0 unspecified atom stereocenters. The molecule has 2 N–H and O–H groups in total. The normalized spacial score (nSPS) is 15.6. The molecule has 3 aromatic rings. The van der Waals surface area contributed by atoms with Crippen LogP contribution in [-0.4, -0.2) is 36.1 Å². The lowest BCUT2D eigenvalue weighted by atomic mass is 10.2. The Morgan fingerprint density at radius 2 is 2.19 bits per heavy atom. The van der Waals surface area contributed by atoms with Crippen LogP contribution in [0, 0.1) is 6.92 Å². The van der Waals surface area contributed by atoms with Gasteiger partial charge in [0, 0.05) is 23.7 Å². The number of hydrogen-bond acceptors (Lipinski definition) is 7. The molecule has 3 heterocycles. The van der Waals surface area contributed by atoms with E-state index in [0.29, 0.717) is 40.2 Å². The number of thiazole rings is 1. The van der Waals surface area contributed by atoms with Gasteiger partial charge in [0.25, 0.3) is 5.91 Å². The Labute approximate surface area is 183 Å². The third kappa shape index (κ3) is 5.71. The fraction of sp³-hybridized carbons (Fsp3) is 0.318. The van der Waals surface area contributed by atoms with Crippen LogP contribution in [0.15, 0.2) is 46.4 Å². The Kier molecular flexibility index (Phi) is 6.63. The van der Waals surface area contributed by atoms with Gasteiger partial charge in [0.05, 0.1) is 30.0 Å². The number of nitrogens with zero attached hydrogens (tertiary/aromatic N) is 1. The molecule has 1 aromatic carbocycles. The summed E-state index contributed by atoms with van der Waals surface area (Å²) in [6.07, 6.45) is 3.77. The van der Waals surface area contributed by atoms with Gasteiger partial charge in [-0.1, -0.05) is 6.07 Å². The first kappa shape index (κ1) is 21.1. The smallest absolute Gasteiger partial charge is 0.260 e. The lowest BCUT2D eigenvalue weighted by Crippen LogP contribution is -2.17. The van der Waals surface area contributed by atoms with E-state index in [-0.39, 0.29) is 24.3 Å². The lowest BCUT2D eigenvalue weighted by Gasteiger charge is -2.12. The number of nitrogens with one attached hydrogen (secondary N) is 2. The Bertz CT molecular complexity index is 1050. The van der Waals surface area contributed by atoms with Gasteiger partial charge in [-0.25, -0.2) is 4.98 Å². The van der Waals surface area contributed by atoms with E-state index in [1.165, 1.54) is 17.6 Å². The molecule has 0 saturated carbocycles. The van der Waals surface area contributed by atoms with E-state index >= 15 is 0 Å². The molecular weight excluding hydrogens is 418 g/mol. The van der Waals surface area contributed by atoms with Crippen molar-refractivity contribution >= 4 is 34.0 Å². The Hall–Kier alpha value is -3.17. The second kappa shape index (κ2) is 9.76. The highest BCUT2D eigenvalue weighted by Gasteiger charge is 2.17. The molecular formula is C22H23N3O5S. The van der Waals surface area contributed by atoms with Crippen LogP contribution < -0.4 is 15.4 Å². The first-order valence-electron chi connectivity index (χ1n) is 10.0. The second-order valence-electron chi connectivity index (χ2n) is 7.19. The fourth-order valence-electron chi connectivity index (χ4n) is 3.23. The van der Waals surface area contributed by atoms with E-state index in [9.17, 15) is 9.59 Å². The zero-order chi connectivity index (χ0) is 21.6. The number of carbonyl (C=O) groups excluding carboxylic acids is 2. The summed E-state index contributed by atoms with van der Waals surface area (Å²) < 4.78 is 16.5. The van der Waals surface area contributed by atoms with E-state index in [1.54, 1.807) is 30.5 Å². The summed E-state index contributed by atoms with van der Waals surface area (Å²) in [5, 5.41) is 7.75. The SMILES string of the molecule is Cc1occc1C(=O)Nc1nc(CC(=O)Nc2cccc(OC[C@H]3CCCO3)c2)cs1. The largest absolute Gasteiger partial charge is 0.491 e. The number of carbonyl (C=O) groups is 2. The topological polar surface area (TPSA) is 103 Å². The molecule has 1 aliphatic heterocycles. The van der Waals surface area contributed by atoms with Crippen molar-refractivity contribution in [3.63, 3.8) is 0 Å². The van der Waals surface area contributed by atoms with E-state index < -0.39 is 0 Å². The number of benzene rings is 1. The van der Waals surface area contributed by atoms with Gasteiger partial charge in [-0.05, 0) is 38.0 Å². The minimum absolute atomic E-state index is 0.0953. The number of aryl methyl sites for hydroxylation is 1. The number of aromatic nitrogens is 1. The molecule has 0 spiro atoms. The van der Waals surface area contributed by atoms with Crippen molar-refractivity contribution in [1.29, 1.82) is 0 Å². The van der Waals surface area contributed by atoms with Crippen LogP contribution in [0.5, 0.6) is 5.75 Å². The molecule has 2 amide bonds.